The highest BCUT2D eigenvalue weighted by molar-refractivity contribution is 7.22. The second kappa shape index (κ2) is 9.41. The van der Waals surface area contributed by atoms with Crippen LogP contribution in [-0.4, -0.2) is 43.2 Å². The van der Waals surface area contributed by atoms with Gasteiger partial charge in [0.05, 0.1) is 22.4 Å². The molecule has 6 rings (SSSR count). The lowest BCUT2D eigenvalue weighted by atomic mass is 10.1. The standard InChI is InChI=1S/C26H25N5O3S/c32-21-4-1-5-22(21)34-14-24-28-12-17(13-29-24)15-6-7-20-23(9-15)35-26(30-20)31-25(33)19-10-18(19)16-3-2-8-27-11-16/h2-3,6-9,11-13,18-19,21-22,32H,1,4-5,10,14H2,(H,30,31,33)/t18-,19?,21-,22-/m0/s1. The summed E-state index contributed by atoms with van der Waals surface area (Å²) in [6.07, 6.45) is 10.1. The molecule has 178 valence electrons. The summed E-state index contributed by atoms with van der Waals surface area (Å²) in [6, 6.07) is 9.90. The van der Waals surface area contributed by atoms with Crippen LogP contribution in [0.3, 0.4) is 0 Å². The van der Waals surface area contributed by atoms with Gasteiger partial charge in [-0.25, -0.2) is 15.0 Å². The summed E-state index contributed by atoms with van der Waals surface area (Å²) in [7, 11) is 0. The van der Waals surface area contributed by atoms with E-state index in [1.165, 1.54) is 11.3 Å². The number of nitrogens with zero attached hydrogens (tertiary/aromatic N) is 4. The Morgan fingerprint density at radius 1 is 1.14 bits per heavy atom. The molecule has 1 aromatic carbocycles. The van der Waals surface area contributed by atoms with Crippen LogP contribution < -0.4 is 5.32 Å². The lowest BCUT2D eigenvalue weighted by molar-refractivity contribution is -0.117. The van der Waals surface area contributed by atoms with Gasteiger partial charge in [0, 0.05) is 36.3 Å². The fraction of sp³-hybridized carbons (Fsp3) is 0.346. The Bertz CT molecular complexity index is 1340. The van der Waals surface area contributed by atoms with Crippen LogP contribution in [-0.2, 0) is 16.1 Å². The lowest BCUT2D eigenvalue weighted by Crippen LogP contribution is -2.22. The van der Waals surface area contributed by atoms with E-state index >= 15 is 0 Å². The molecule has 1 unspecified atom stereocenters. The number of hydrogen-bond donors (Lipinski definition) is 2. The minimum absolute atomic E-state index is 0.00876. The van der Waals surface area contributed by atoms with E-state index in [-0.39, 0.29) is 30.0 Å². The molecule has 1 amide bonds. The average Bonchev–Trinajstić information content (AvgIpc) is 3.44. The van der Waals surface area contributed by atoms with Gasteiger partial charge in [-0.1, -0.05) is 23.5 Å². The fourth-order valence-electron chi connectivity index (χ4n) is 4.67. The van der Waals surface area contributed by atoms with Crippen molar-refractivity contribution in [2.24, 2.45) is 5.92 Å². The van der Waals surface area contributed by atoms with Crippen LogP contribution in [0.1, 0.15) is 43.0 Å². The molecule has 3 heterocycles. The molecule has 2 saturated carbocycles. The first kappa shape index (κ1) is 22.2. The highest BCUT2D eigenvalue weighted by atomic mass is 32.1. The minimum atomic E-state index is -0.387. The molecule has 2 aliphatic carbocycles. The molecule has 0 saturated heterocycles. The first-order chi connectivity index (χ1) is 17.1. The van der Waals surface area contributed by atoms with E-state index in [9.17, 15) is 9.90 Å². The molecule has 4 aromatic rings. The van der Waals surface area contributed by atoms with E-state index in [4.69, 9.17) is 4.74 Å². The summed E-state index contributed by atoms with van der Waals surface area (Å²) in [4.78, 5) is 30.3. The number of hydrogen-bond acceptors (Lipinski definition) is 8. The predicted octanol–water partition coefficient (Wildman–Crippen LogP) is 4.32. The zero-order valence-electron chi connectivity index (χ0n) is 19.0. The second-order valence-corrected chi connectivity index (χ2v) is 10.2. The molecule has 3 aromatic heterocycles. The van der Waals surface area contributed by atoms with Crippen molar-refractivity contribution in [3.05, 3.63) is 66.5 Å². The van der Waals surface area contributed by atoms with Crippen molar-refractivity contribution in [2.45, 2.75) is 50.4 Å². The van der Waals surface area contributed by atoms with E-state index in [2.05, 4.69) is 25.3 Å². The molecule has 0 spiro atoms. The number of fused-ring (bicyclic) bond motifs is 1. The zero-order valence-corrected chi connectivity index (χ0v) is 19.8. The zero-order chi connectivity index (χ0) is 23.8. The molecule has 0 radical (unpaired) electrons. The minimum Gasteiger partial charge on any atom is -0.390 e. The van der Waals surface area contributed by atoms with Gasteiger partial charge in [0.15, 0.2) is 11.0 Å². The Balaban J connectivity index is 1.10. The third-order valence-corrected chi connectivity index (χ3v) is 7.67. The number of aliphatic hydroxyl groups excluding tert-OH is 1. The summed E-state index contributed by atoms with van der Waals surface area (Å²) in [6.45, 7) is 0.293. The van der Waals surface area contributed by atoms with Crippen LogP contribution in [0.2, 0.25) is 0 Å². The number of nitrogens with one attached hydrogen (secondary N) is 1. The number of carbonyl (C=O) groups is 1. The monoisotopic (exact) mass is 487 g/mol. The molecule has 9 heteroatoms. The number of pyridine rings is 1. The molecule has 2 aliphatic rings. The number of aromatic nitrogens is 4. The molecule has 2 N–H and O–H groups in total. The third-order valence-electron chi connectivity index (χ3n) is 6.74. The van der Waals surface area contributed by atoms with Gasteiger partial charge < -0.3 is 15.2 Å². The number of carbonyl (C=O) groups excluding carboxylic acids is 1. The summed E-state index contributed by atoms with van der Waals surface area (Å²) in [5.41, 5.74) is 3.83. The number of ether oxygens (including phenoxy) is 1. The van der Waals surface area contributed by atoms with Crippen molar-refractivity contribution in [3.63, 3.8) is 0 Å². The van der Waals surface area contributed by atoms with Crippen molar-refractivity contribution >= 4 is 32.6 Å². The van der Waals surface area contributed by atoms with Crippen LogP contribution >= 0.6 is 11.3 Å². The van der Waals surface area contributed by atoms with E-state index in [0.29, 0.717) is 17.6 Å². The van der Waals surface area contributed by atoms with Gasteiger partial charge in [0.1, 0.15) is 6.61 Å². The molecular formula is C26H25N5O3S. The Morgan fingerprint density at radius 3 is 2.80 bits per heavy atom. The molecular weight excluding hydrogens is 462 g/mol. The maximum absolute atomic E-state index is 12.7. The lowest BCUT2D eigenvalue weighted by Gasteiger charge is -2.14. The summed E-state index contributed by atoms with van der Waals surface area (Å²) >= 11 is 1.46. The summed E-state index contributed by atoms with van der Waals surface area (Å²) < 4.78 is 6.76. The van der Waals surface area contributed by atoms with Crippen molar-refractivity contribution in [1.29, 1.82) is 0 Å². The molecule has 4 atom stereocenters. The van der Waals surface area contributed by atoms with Gasteiger partial charge in [-0.3, -0.25) is 9.78 Å². The number of aliphatic hydroxyl groups is 1. The quantitative estimate of drug-likeness (QED) is 0.399. The first-order valence-electron chi connectivity index (χ1n) is 11.9. The average molecular weight is 488 g/mol. The molecule has 0 bridgehead atoms. The van der Waals surface area contributed by atoms with Crippen LogP contribution in [0, 0.1) is 5.92 Å². The van der Waals surface area contributed by atoms with Crippen molar-refractivity contribution in [3.8, 4) is 11.1 Å². The van der Waals surface area contributed by atoms with Crippen molar-refractivity contribution < 1.29 is 14.6 Å². The highest BCUT2D eigenvalue weighted by Gasteiger charge is 2.44. The summed E-state index contributed by atoms with van der Waals surface area (Å²) in [5, 5.41) is 13.5. The van der Waals surface area contributed by atoms with Crippen LogP contribution in [0.4, 0.5) is 5.13 Å². The largest absolute Gasteiger partial charge is 0.390 e. The second-order valence-electron chi connectivity index (χ2n) is 9.16. The van der Waals surface area contributed by atoms with Gasteiger partial charge in [-0.2, -0.15) is 0 Å². The SMILES string of the molecule is O=C(Nc1nc2ccc(-c3cnc(CO[C@H]4CCC[C@@H]4O)nc3)cc2s1)C1C[C@H]1c1cccnc1. The molecule has 8 nitrogen and oxygen atoms in total. The Kier molecular flexibility index (Phi) is 5.97. The first-order valence-corrected chi connectivity index (χ1v) is 12.7. The van der Waals surface area contributed by atoms with Crippen molar-refractivity contribution in [2.75, 3.05) is 5.32 Å². The van der Waals surface area contributed by atoms with E-state index in [1.54, 1.807) is 18.6 Å². The van der Waals surface area contributed by atoms with E-state index in [0.717, 1.165) is 52.6 Å². The van der Waals surface area contributed by atoms with Gasteiger partial charge in [-0.05, 0) is 60.9 Å². The number of thiazole rings is 1. The normalized spacial score (nSPS) is 23.5. The maximum atomic E-state index is 12.7. The van der Waals surface area contributed by atoms with Crippen LogP contribution in [0.15, 0.2) is 55.1 Å². The highest BCUT2D eigenvalue weighted by Crippen LogP contribution is 2.48. The van der Waals surface area contributed by atoms with Gasteiger partial charge in [-0.15, -0.1) is 0 Å². The third kappa shape index (κ3) is 4.80. The summed E-state index contributed by atoms with van der Waals surface area (Å²) in [5.74, 6) is 0.815. The number of amides is 1. The van der Waals surface area contributed by atoms with Crippen molar-refractivity contribution in [1.82, 2.24) is 19.9 Å². The topological polar surface area (TPSA) is 110 Å². The molecule has 35 heavy (non-hydrogen) atoms. The maximum Gasteiger partial charge on any atom is 0.229 e. The Hall–Kier alpha value is -3.27. The van der Waals surface area contributed by atoms with E-state index in [1.807, 2.05) is 36.5 Å². The fourth-order valence-corrected chi connectivity index (χ4v) is 5.57. The Labute approximate surface area is 206 Å². The number of benzene rings is 1. The van der Waals surface area contributed by atoms with Crippen LogP contribution in [0.25, 0.3) is 21.3 Å². The van der Waals surface area contributed by atoms with Gasteiger partial charge in [0.2, 0.25) is 5.91 Å². The smallest absolute Gasteiger partial charge is 0.229 e. The van der Waals surface area contributed by atoms with Gasteiger partial charge in [0.25, 0.3) is 0 Å². The Morgan fingerprint density at radius 2 is 2.03 bits per heavy atom. The number of anilines is 1. The molecule has 2 fully saturated rings. The van der Waals surface area contributed by atoms with Crippen LogP contribution in [0.5, 0.6) is 0 Å². The predicted molar refractivity (Wildman–Crippen MR) is 133 cm³/mol. The van der Waals surface area contributed by atoms with E-state index < -0.39 is 0 Å². The molecule has 0 aliphatic heterocycles. The number of rotatable bonds is 7. The van der Waals surface area contributed by atoms with Gasteiger partial charge >= 0.3 is 0 Å².